The van der Waals surface area contributed by atoms with Crippen LogP contribution in [0.1, 0.15) is 51.0 Å². The highest BCUT2D eigenvalue weighted by molar-refractivity contribution is 6.09. The van der Waals surface area contributed by atoms with Gasteiger partial charge in [-0.15, -0.1) is 0 Å². The zero-order valence-electron chi connectivity index (χ0n) is 15.5. The predicted octanol–water partition coefficient (Wildman–Crippen LogP) is 2.41. The number of hydrogen-bond donors (Lipinski definition) is 2. The van der Waals surface area contributed by atoms with Gasteiger partial charge in [0, 0.05) is 6.54 Å². The Hall–Kier alpha value is -2.37. The molecule has 1 aliphatic carbocycles. The van der Waals surface area contributed by atoms with Crippen molar-refractivity contribution in [2.75, 3.05) is 13.1 Å². The fourth-order valence-corrected chi connectivity index (χ4v) is 4.00. The summed E-state index contributed by atoms with van der Waals surface area (Å²) in [6, 6.07) is 9.46. The average molecular weight is 357 g/mol. The fourth-order valence-electron chi connectivity index (χ4n) is 4.00. The molecule has 1 saturated heterocycles. The maximum absolute atomic E-state index is 12.9. The molecule has 0 unspecified atom stereocenters. The van der Waals surface area contributed by atoms with Crippen molar-refractivity contribution in [2.24, 2.45) is 5.92 Å². The number of carbonyl (C=O) groups excluding carboxylic acids is 3. The Morgan fingerprint density at radius 2 is 2.04 bits per heavy atom. The van der Waals surface area contributed by atoms with Gasteiger partial charge in [-0.05, 0) is 30.2 Å². The van der Waals surface area contributed by atoms with E-state index in [9.17, 15) is 14.4 Å². The number of rotatable bonds is 5. The summed E-state index contributed by atoms with van der Waals surface area (Å²) in [5, 5.41) is 5.71. The van der Waals surface area contributed by atoms with E-state index in [0.29, 0.717) is 13.0 Å². The fraction of sp³-hybridized carbons (Fsp3) is 0.550. The van der Waals surface area contributed by atoms with Gasteiger partial charge in [-0.2, -0.15) is 0 Å². The highest BCUT2D eigenvalue weighted by atomic mass is 16.2. The van der Waals surface area contributed by atoms with Gasteiger partial charge in [-0.1, -0.05) is 57.0 Å². The van der Waals surface area contributed by atoms with E-state index in [2.05, 4.69) is 10.6 Å². The van der Waals surface area contributed by atoms with Crippen molar-refractivity contribution in [3.63, 3.8) is 0 Å². The van der Waals surface area contributed by atoms with Crippen LogP contribution in [0.4, 0.5) is 4.79 Å². The minimum Gasteiger partial charge on any atom is -0.354 e. The van der Waals surface area contributed by atoms with Crippen LogP contribution < -0.4 is 10.6 Å². The van der Waals surface area contributed by atoms with Crippen LogP contribution in [0, 0.1) is 5.92 Å². The molecule has 1 spiro atoms. The standard InChI is InChI=1S/C20H27N3O3/c1-14(16-9-4-3-5-10-16)12-21-17(24)13-23-18(25)20(22-19(23)26)11-7-6-8-15(20)2/h3-5,9-10,14-15H,6-8,11-13H2,1-2H3,(H,21,24)(H,22,26)/t14-,15+,20+/m1/s1. The van der Waals surface area contributed by atoms with Crippen LogP contribution in [0.5, 0.6) is 0 Å². The number of urea groups is 1. The van der Waals surface area contributed by atoms with Crippen LogP contribution >= 0.6 is 0 Å². The second-order valence-corrected chi connectivity index (χ2v) is 7.56. The molecule has 1 aromatic rings. The van der Waals surface area contributed by atoms with Crippen molar-refractivity contribution >= 4 is 17.8 Å². The molecule has 1 saturated carbocycles. The monoisotopic (exact) mass is 357 g/mol. The van der Waals surface area contributed by atoms with Gasteiger partial charge in [0.2, 0.25) is 5.91 Å². The molecule has 3 rings (SSSR count). The van der Waals surface area contributed by atoms with E-state index in [-0.39, 0.29) is 30.2 Å². The van der Waals surface area contributed by atoms with Crippen molar-refractivity contribution in [2.45, 2.75) is 51.0 Å². The molecule has 2 N–H and O–H groups in total. The number of nitrogens with zero attached hydrogens (tertiary/aromatic N) is 1. The minimum absolute atomic E-state index is 0.0962. The van der Waals surface area contributed by atoms with E-state index >= 15 is 0 Å². The Morgan fingerprint density at radius 3 is 2.73 bits per heavy atom. The van der Waals surface area contributed by atoms with E-state index in [0.717, 1.165) is 29.7 Å². The largest absolute Gasteiger partial charge is 0.354 e. The third kappa shape index (κ3) is 3.45. The van der Waals surface area contributed by atoms with E-state index in [1.54, 1.807) is 0 Å². The maximum atomic E-state index is 12.9. The summed E-state index contributed by atoms with van der Waals surface area (Å²) in [4.78, 5) is 38.5. The van der Waals surface area contributed by atoms with E-state index in [1.165, 1.54) is 0 Å². The molecule has 140 valence electrons. The highest BCUT2D eigenvalue weighted by Gasteiger charge is 2.55. The molecule has 1 aromatic carbocycles. The van der Waals surface area contributed by atoms with Gasteiger partial charge in [0.25, 0.3) is 5.91 Å². The molecule has 0 aromatic heterocycles. The molecule has 0 radical (unpaired) electrons. The Kier molecular flexibility index (Phi) is 5.30. The van der Waals surface area contributed by atoms with Gasteiger partial charge in [0.15, 0.2) is 0 Å². The molecular weight excluding hydrogens is 330 g/mol. The number of imide groups is 1. The zero-order valence-corrected chi connectivity index (χ0v) is 15.5. The van der Waals surface area contributed by atoms with Gasteiger partial charge >= 0.3 is 6.03 Å². The summed E-state index contributed by atoms with van der Waals surface area (Å²) >= 11 is 0. The Morgan fingerprint density at radius 1 is 1.31 bits per heavy atom. The summed E-state index contributed by atoms with van der Waals surface area (Å²) in [5.41, 5.74) is 0.324. The lowest BCUT2D eigenvalue weighted by molar-refractivity contribution is -0.137. The van der Waals surface area contributed by atoms with Crippen LogP contribution in [0.15, 0.2) is 30.3 Å². The van der Waals surface area contributed by atoms with Crippen molar-refractivity contribution in [3.05, 3.63) is 35.9 Å². The number of nitrogens with one attached hydrogen (secondary N) is 2. The van der Waals surface area contributed by atoms with Crippen molar-refractivity contribution in [1.29, 1.82) is 0 Å². The first-order valence-corrected chi connectivity index (χ1v) is 9.40. The van der Waals surface area contributed by atoms with Gasteiger partial charge in [0.1, 0.15) is 12.1 Å². The van der Waals surface area contributed by atoms with Crippen molar-refractivity contribution in [3.8, 4) is 0 Å². The van der Waals surface area contributed by atoms with Crippen LogP contribution in [-0.4, -0.2) is 41.4 Å². The van der Waals surface area contributed by atoms with Gasteiger partial charge < -0.3 is 10.6 Å². The third-order valence-corrected chi connectivity index (χ3v) is 5.78. The summed E-state index contributed by atoms with van der Waals surface area (Å²) in [6.07, 6.45) is 3.57. The summed E-state index contributed by atoms with van der Waals surface area (Å²) < 4.78 is 0. The van der Waals surface area contributed by atoms with E-state index in [1.807, 2.05) is 44.2 Å². The first kappa shape index (κ1) is 18.4. The first-order chi connectivity index (χ1) is 12.4. The summed E-state index contributed by atoms with van der Waals surface area (Å²) in [7, 11) is 0. The summed E-state index contributed by atoms with van der Waals surface area (Å²) in [6.45, 7) is 4.28. The molecule has 1 aliphatic heterocycles. The molecule has 6 nitrogen and oxygen atoms in total. The summed E-state index contributed by atoms with van der Waals surface area (Å²) in [5.74, 6) is -0.301. The zero-order chi connectivity index (χ0) is 18.7. The lowest BCUT2D eigenvalue weighted by atomic mass is 9.73. The lowest BCUT2D eigenvalue weighted by Crippen LogP contribution is -2.54. The predicted molar refractivity (Wildman–Crippen MR) is 98.5 cm³/mol. The van der Waals surface area contributed by atoms with Crippen LogP contribution in [0.25, 0.3) is 0 Å². The van der Waals surface area contributed by atoms with Crippen molar-refractivity contribution < 1.29 is 14.4 Å². The minimum atomic E-state index is -0.813. The van der Waals surface area contributed by atoms with Gasteiger partial charge in [0.05, 0.1) is 0 Å². The molecule has 2 fully saturated rings. The molecule has 26 heavy (non-hydrogen) atoms. The molecule has 2 aliphatic rings. The molecule has 1 heterocycles. The first-order valence-electron chi connectivity index (χ1n) is 9.40. The number of benzene rings is 1. The average Bonchev–Trinajstić information content (AvgIpc) is 2.88. The van der Waals surface area contributed by atoms with E-state index < -0.39 is 11.6 Å². The van der Waals surface area contributed by atoms with Gasteiger partial charge in [-0.3, -0.25) is 14.5 Å². The third-order valence-electron chi connectivity index (χ3n) is 5.78. The second kappa shape index (κ2) is 7.48. The van der Waals surface area contributed by atoms with Crippen LogP contribution in [0.2, 0.25) is 0 Å². The number of amides is 4. The molecular formula is C20H27N3O3. The SMILES string of the molecule is C[C@H](CNC(=O)CN1C(=O)N[C@]2(CCCC[C@@H]2C)C1=O)c1ccccc1. The molecule has 3 atom stereocenters. The number of hydrogen-bond acceptors (Lipinski definition) is 3. The Balaban J connectivity index is 1.57. The van der Waals surface area contributed by atoms with Crippen LogP contribution in [0.3, 0.4) is 0 Å². The number of carbonyl (C=O) groups is 3. The normalized spacial score (nSPS) is 26.7. The smallest absolute Gasteiger partial charge is 0.325 e. The Bertz CT molecular complexity index is 691. The molecule has 6 heteroatoms. The highest BCUT2D eigenvalue weighted by Crippen LogP contribution is 2.38. The van der Waals surface area contributed by atoms with Crippen LogP contribution in [-0.2, 0) is 9.59 Å². The quantitative estimate of drug-likeness (QED) is 0.795. The maximum Gasteiger partial charge on any atom is 0.325 e. The van der Waals surface area contributed by atoms with Gasteiger partial charge in [-0.25, -0.2) is 4.79 Å². The Labute approximate surface area is 154 Å². The van der Waals surface area contributed by atoms with E-state index in [4.69, 9.17) is 0 Å². The topological polar surface area (TPSA) is 78.5 Å². The molecule has 4 amide bonds. The lowest BCUT2D eigenvalue weighted by Gasteiger charge is -2.36. The second-order valence-electron chi connectivity index (χ2n) is 7.56. The van der Waals surface area contributed by atoms with Crippen molar-refractivity contribution in [1.82, 2.24) is 15.5 Å². The molecule has 0 bridgehead atoms.